The van der Waals surface area contributed by atoms with Crippen molar-refractivity contribution in [2.24, 2.45) is 0 Å². The second-order valence-corrected chi connectivity index (χ2v) is 8.43. The Bertz CT molecular complexity index is 1200. The van der Waals surface area contributed by atoms with Crippen LogP contribution in [-0.2, 0) is 0 Å². The standard InChI is InChI=1S/C25H27N3O5/c1-14(2)28(15(3)4)25(29)16-6-9-20(23(10-16)30-5)31-13-17-11-21(17)32-18-7-8-19-22(12-18)33-27-24(19)26/h6,9-10,12,14-15H,11,13H2,1-5H3,(H2,26,27). The summed E-state index contributed by atoms with van der Waals surface area (Å²) in [4.78, 5) is 14.8. The zero-order valence-electron chi connectivity index (χ0n) is 19.4. The molecule has 33 heavy (non-hydrogen) atoms. The van der Waals surface area contributed by atoms with Gasteiger partial charge in [-0.05, 0) is 52.0 Å². The predicted octanol–water partition coefficient (Wildman–Crippen LogP) is 4.39. The molecule has 0 saturated carbocycles. The smallest absolute Gasteiger partial charge is 0.254 e. The van der Waals surface area contributed by atoms with E-state index in [1.807, 2.05) is 32.6 Å². The highest BCUT2D eigenvalue weighted by atomic mass is 16.5. The molecule has 1 aliphatic rings. The minimum absolute atomic E-state index is 0.0380. The summed E-state index contributed by atoms with van der Waals surface area (Å²) in [5, 5.41) is 4.28. The summed E-state index contributed by atoms with van der Waals surface area (Å²) in [5.41, 5.74) is 7.77. The number of nitrogen functional groups attached to an aromatic ring is 1. The van der Waals surface area contributed by atoms with Crippen LogP contribution in [0.5, 0.6) is 17.2 Å². The fourth-order valence-electron chi connectivity index (χ4n) is 3.70. The molecule has 0 aliphatic heterocycles. The van der Waals surface area contributed by atoms with Crippen molar-refractivity contribution in [2.45, 2.75) is 46.2 Å². The van der Waals surface area contributed by atoms with Gasteiger partial charge >= 0.3 is 0 Å². The molecule has 4 rings (SSSR count). The summed E-state index contributed by atoms with van der Waals surface area (Å²) < 4.78 is 22.4. The van der Waals surface area contributed by atoms with Gasteiger partial charge in [0.25, 0.3) is 5.91 Å². The second kappa shape index (κ2) is 8.94. The van der Waals surface area contributed by atoms with Crippen molar-refractivity contribution < 1.29 is 23.5 Å². The molecule has 1 heterocycles. The van der Waals surface area contributed by atoms with Crippen molar-refractivity contribution in [3.05, 3.63) is 53.3 Å². The average molecular weight is 450 g/mol. The number of nitrogens with zero attached hydrogens (tertiary/aromatic N) is 2. The molecule has 0 atom stereocenters. The number of hydrogen-bond acceptors (Lipinski definition) is 7. The number of anilines is 1. The Morgan fingerprint density at radius 1 is 1.18 bits per heavy atom. The monoisotopic (exact) mass is 449 g/mol. The number of nitrogens with two attached hydrogens (primary N) is 1. The van der Waals surface area contributed by atoms with E-state index in [1.165, 1.54) is 0 Å². The summed E-state index contributed by atoms with van der Waals surface area (Å²) in [7, 11) is 1.56. The quantitative estimate of drug-likeness (QED) is 0.517. The third-order valence-electron chi connectivity index (χ3n) is 5.35. The van der Waals surface area contributed by atoms with Gasteiger partial charge in [0.1, 0.15) is 17.8 Å². The predicted molar refractivity (Wildman–Crippen MR) is 123 cm³/mol. The number of benzene rings is 1. The van der Waals surface area contributed by atoms with Crippen LogP contribution < -0.4 is 19.9 Å². The first kappa shape index (κ1) is 22.3. The number of carbonyl (C=O) groups excluding carboxylic acids is 1. The Labute approximate surface area is 192 Å². The molecule has 0 unspecified atom stereocenters. The number of hydrogen-bond donors (Lipinski definition) is 1. The second-order valence-electron chi connectivity index (χ2n) is 8.43. The van der Waals surface area contributed by atoms with Gasteiger partial charge in [0.15, 0.2) is 28.6 Å². The van der Waals surface area contributed by atoms with E-state index in [4.69, 9.17) is 24.5 Å². The maximum Gasteiger partial charge on any atom is 0.254 e. The Hall–Kier alpha value is -3.86. The van der Waals surface area contributed by atoms with E-state index in [1.54, 1.807) is 31.4 Å². The first-order chi connectivity index (χ1) is 15.8. The largest absolute Gasteiger partial charge is 0.493 e. The molecular weight excluding hydrogens is 422 g/mol. The number of methoxy groups -OCH3 is 1. The minimum atomic E-state index is -0.0380. The van der Waals surface area contributed by atoms with E-state index >= 15 is 0 Å². The van der Waals surface area contributed by atoms with Crippen molar-refractivity contribution in [3.8, 4) is 17.2 Å². The molecule has 0 fully saturated rings. The van der Waals surface area contributed by atoms with Crippen molar-refractivity contribution in [1.29, 1.82) is 0 Å². The van der Waals surface area contributed by atoms with Crippen LogP contribution in [0.2, 0.25) is 0 Å². The average Bonchev–Trinajstić information content (AvgIpc) is 3.42. The molecule has 8 heteroatoms. The lowest BCUT2D eigenvalue weighted by molar-refractivity contribution is 0.0643. The van der Waals surface area contributed by atoms with Crippen molar-refractivity contribution in [1.82, 2.24) is 10.1 Å². The van der Waals surface area contributed by atoms with Gasteiger partial charge in [-0.1, -0.05) is 11.2 Å². The third kappa shape index (κ3) is 4.67. The van der Waals surface area contributed by atoms with Gasteiger partial charge in [-0.15, -0.1) is 0 Å². The number of ether oxygens (including phenoxy) is 3. The highest BCUT2D eigenvalue weighted by molar-refractivity contribution is 5.95. The van der Waals surface area contributed by atoms with E-state index in [0.717, 1.165) is 11.3 Å². The van der Waals surface area contributed by atoms with Crippen LogP contribution in [0.25, 0.3) is 11.0 Å². The van der Waals surface area contributed by atoms with Gasteiger partial charge in [0.2, 0.25) is 0 Å². The Morgan fingerprint density at radius 2 is 1.94 bits per heavy atom. The van der Waals surface area contributed by atoms with Gasteiger partial charge < -0.3 is 29.4 Å². The van der Waals surface area contributed by atoms with Crippen LogP contribution in [0, 0.1) is 12.1 Å². The molecule has 3 aromatic rings. The molecule has 1 aliphatic carbocycles. The minimum Gasteiger partial charge on any atom is -0.493 e. The van der Waals surface area contributed by atoms with Crippen LogP contribution in [-0.4, -0.2) is 41.8 Å². The van der Waals surface area contributed by atoms with Crippen LogP contribution >= 0.6 is 0 Å². The van der Waals surface area contributed by atoms with Crippen molar-refractivity contribution in [3.63, 3.8) is 0 Å². The lowest BCUT2D eigenvalue weighted by Gasteiger charge is -2.31. The molecule has 1 amide bonds. The van der Waals surface area contributed by atoms with Gasteiger partial charge in [0, 0.05) is 35.7 Å². The fraction of sp³-hybridized carbons (Fsp3) is 0.360. The van der Waals surface area contributed by atoms with Gasteiger partial charge in [0.05, 0.1) is 7.11 Å². The topological polar surface area (TPSA) is 100 Å². The number of allylic oxidation sites excluding steroid dienone is 1. The SMILES string of the molecule is COc1cc(C(=O)N(C(C)C)C(C)C)ccc1OCC1=C(Oc2c#cc3c(N)noc3c2)C1. The van der Waals surface area contributed by atoms with Gasteiger partial charge in [-0.3, -0.25) is 4.79 Å². The van der Waals surface area contributed by atoms with E-state index in [-0.39, 0.29) is 23.8 Å². The number of amides is 1. The summed E-state index contributed by atoms with van der Waals surface area (Å²) in [6.45, 7) is 8.37. The molecule has 1 aromatic heterocycles. The molecule has 0 radical (unpaired) electrons. The lowest BCUT2D eigenvalue weighted by atomic mass is 10.1. The van der Waals surface area contributed by atoms with Gasteiger partial charge in [-0.2, -0.15) is 0 Å². The summed E-state index contributed by atoms with van der Waals surface area (Å²) in [6, 6.07) is 12.9. The molecule has 2 aromatic carbocycles. The maximum absolute atomic E-state index is 13.0. The molecule has 0 spiro atoms. The third-order valence-corrected chi connectivity index (χ3v) is 5.35. The Morgan fingerprint density at radius 3 is 2.64 bits per heavy atom. The Kier molecular flexibility index (Phi) is 6.05. The molecule has 2 N–H and O–H groups in total. The van der Waals surface area contributed by atoms with E-state index in [0.29, 0.717) is 46.8 Å². The zero-order valence-corrected chi connectivity index (χ0v) is 19.4. The summed E-state index contributed by atoms with van der Waals surface area (Å²) in [5.74, 6) is 2.59. The molecule has 0 bridgehead atoms. The first-order valence-corrected chi connectivity index (χ1v) is 10.8. The lowest BCUT2D eigenvalue weighted by Crippen LogP contribution is -2.42. The summed E-state index contributed by atoms with van der Waals surface area (Å²) in [6.07, 6.45) is 0.695. The molecular formula is C25H27N3O5. The van der Waals surface area contributed by atoms with Crippen molar-refractivity contribution >= 4 is 22.7 Å². The molecule has 172 valence electrons. The fourth-order valence-corrected chi connectivity index (χ4v) is 3.70. The Balaban J connectivity index is 1.41. The number of rotatable bonds is 9. The number of carbonyl (C=O) groups is 1. The van der Waals surface area contributed by atoms with Crippen LogP contribution in [0.1, 0.15) is 44.5 Å². The van der Waals surface area contributed by atoms with Crippen LogP contribution in [0.4, 0.5) is 5.82 Å². The highest BCUT2D eigenvalue weighted by Gasteiger charge is 2.26. The molecule has 8 nitrogen and oxygen atoms in total. The van der Waals surface area contributed by atoms with Crippen LogP contribution in [0.3, 0.4) is 0 Å². The van der Waals surface area contributed by atoms with E-state index in [2.05, 4.69) is 17.3 Å². The number of aromatic nitrogens is 1. The first-order valence-electron chi connectivity index (χ1n) is 10.8. The van der Waals surface area contributed by atoms with E-state index < -0.39 is 0 Å². The van der Waals surface area contributed by atoms with Crippen molar-refractivity contribution in [2.75, 3.05) is 19.5 Å². The molecule has 0 saturated heterocycles. The maximum atomic E-state index is 13.0. The van der Waals surface area contributed by atoms with Crippen LogP contribution in [0.15, 0.2) is 40.1 Å². The normalized spacial score (nSPS) is 12.8. The van der Waals surface area contributed by atoms with Gasteiger partial charge in [-0.25, -0.2) is 0 Å². The summed E-state index contributed by atoms with van der Waals surface area (Å²) >= 11 is 0. The zero-order chi connectivity index (χ0) is 23.7. The highest BCUT2D eigenvalue weighted by Crippen LogP contribution is 2.36. The number of fused-ring (bicyclic) bond motifs is 1. The van der Waals surface area contributed by atoms with E-state index in [9.17, 15) is 4.79 Å².